The molecule has 9 heteroatoms. The van der Waals surface area contributed by atoms with Gasteiger partial charge in [0.2, 0.25) is 5.95 Å². The van der Waals surface area contributed by atoms with Crippen LogP contribution in [0.1, 0.15) is 40.1 Å². The Morgan fingerprint density at radius 3 is 2.39 bits per heavy atom. The van der Waals surface area contributed by atoms with Gasteiger partial charge in [0.25, 0.3) is 5.91 Å². The third-order valence-corrected chi connectivity index (χ3v) is 6.33. The highest BCUT2D eigenvalue weighted by Gasteiger charge is 2.15. The number of aromatic carboxylic acids is 1. The number of rotatable bonds is 8. The molecule has 41 heavy (non-hydrogen) atoms. The van der Waals surface area contributed by atoms with Crippen LogP contribution < -0.4 is 15.4 Å². The van der Waals surface area contributed by atoms with Gasteiger partial charge in [0.05, 0.1) is 17.2 Å². The summed E-state index contributed by atoms with van der Waals surface area (Å²) in [5.74, 6) is -0.979. The molecule has 5 aromatic rings. The van der Waals surface area contributed by atoms with Gasteiger partial charge in [-0.3, -0.25) is 4.79 Å². The van der Waals surface area contributed by atoms with Crippen LogP contribution in [0.25, 0.3) is 22.0 Å². The highest BCUT2D eigenvalue weighted by Crippen LogP contribution is 2.36. The number of benzene rings is 4. The van der Waals surface area contributed by atoms with E-state index >= 15 is 0 Å². The molecule has 0 saturated heterocycles. The SMILES string of the molecule is Cc1cc(Nc2ncc3cccc(-c4ccc(F)cc4OC(C)C)c3n2)ccc1NC(=O)c1ccc(C(=O)O)cc1. The Bertz CT molecular complexity index is 1770. The molecule has 0 fully saturated rings. The van der Waals surface area contributed by atoms with Crippen molar-refractivity contribution in [2.24, 2.45) is 0 Å². The standard InChI is InChI=1S/C32H27FN4O4/c1-18(2)41-28-16-23(33)11-13-25(28)26-6-4-5-22-17-34-32(37-29(22)26)35-24-12-14-27(19(3)15-24)36-30(38)20-7-9-21(10-8-20)31(39)40/h4-18H,1-3H3,(H,36,38)(H,39,40)(H,34,35,37). The molecule has 4 aromatic carbocycles. The first-order valence-electron chi connectivity index (χ1n) is 12.9. The van der Waals surface area contributed by atoms with Crippen molar-refractivity contribution in [1.29, 1.82) is 0 Å². The highest BCUT2D eigenvalue weighted by atomic mass is 19.1. The third-order valence-electron chi connectivity index (χ3n) is 6.33. The van der Waals surface area contributed by atoms with E-state index in [1.807, 2.05) is 45.0 Å². The number of fused-ring (bicyclic) bond motifs is 1. The van der Waals surface area contributed by atoms with Gasteiger partial charge in [-0.25, -0.2) is 19.2 Å². The van der Waals surface area contributed by atoms with E-state index < -0.39 is 5.97 Å². The number of anilines is 3. The van der Waals surface area contributed by atoms with Gasteiger partial charge >= 0.3 is 5.97 Å². The predicted octanol–water partition coefficient (Wildman–Crippen LogP) is 7.23. The lowest BCUT2D eigenvalue weighted by Gasteiger charge is -2.16. The summed E-state index contributed by atoms with van der Waals surface area (Å²) in [6, 6.07) is 21.3. The van der Waals surface area contributed by atoms with Crippen LogP contribution >= 0.6 is 0 Å². The van der Waals surface area contributed by atoms with Crippen LogP contribution in [-0.4, -0.2) is 33.1 Å². The minimum Gasteiger partial charge on any atom is -0.490 e. The number of carbonyl (C=O) groups excluding carboxylic acids is 1. The summed E-state index contributed by atoms with van der Waals surface area (Å²) in [6.07, 6.45) is 1.59. The van der Waals surface area contributed by atoms with Crippen molar-refractivity contribution in [1.82, 2.24) is 9.97 Å². The zero-order valence-electron chi connectivity index (χ0n) is 22.6. The molecule has 0 bridgehead atoms. The molecule has 3 N–H and O–H groups in total. The number of aromatic nitrogens is 2. The fourth-order valence-electron chi connectivity index (χ4n) is 4.37. The Hall–Kier alpha value is -5.31. The van der Waals surface area contributed by atoms with Crippen LogP contribution in [-0.2, 0) is 0 Å². The number of amides is 1. The van der Waals surface area contributed by atoms with Crippen molar-refractivity contribution in [2.75, 3.05) is 10.6 Å². The summed E-state index contributed by atoms with van der Waals surface area (Å²) in [5.41, 5.74) is 4.78. The number of para-hydroxylation sites is 1. The largest absolute Gasteiger partial charge is 0.490 e. The Morgan fingerprint density at radius 1 is 0.927 bits per heavy atom. The van der Waals surface area contributed by atoms with E-state index in [-0.39, 0.29) is 23.4 Å². The van der Waals surface area contributed by atoms with E-state index in [1.165, 1.54) is 36.4 Å². The van der Waals surface area contributed by atoms with Gasteiger partial charge in [-0.05, 0) is 80.9 Å². The maximum Gasteiger partial charge on any atom is 0.335 e. The third kappa shape index (κ3) is 6.14. The first-order chi connectivity index (χ1) is 19.7. The lowest BCUT2D eigenvalue weighted by atomic mass is 10.0. The van der Waals surface area contributed by atoms with E-state index in [9.17, 15) is 14.0 Å². The molecule has 0 spiro atoms. The van der Waals surface area contributed by atoms with Gasteiger partial charge in [0.1, 0.15) is 11.6 Å². The fraction of sp³-hybridized carbons (Fsp3) is 0.125. The zero-order chi connectivity index (χ0) is 29.1. The van der Waals surface area contributed by atoms with Crippen LogP contribution in [0.15, 0.2) is 85.1 Å². The summed E-state index contributed by atoms with van der Waals surface area (Å²) in [4.78, 5) is 33.0. The van der Waals surface area contributed by atoms with E-state index in [0.717, 1.165) is 22.1 Å². The summed E-state index contributed by atoms with van der Waals surface area (Å²) in [6.45, 7) is 5.64. The number of hydrogen-bond donors (Lipinski definition) is 3. The average molecular weight is 551 g/mol. The summed E-state index contributed by atoms with van der Waals surface area (Å²) >= 11 is 0. The molecular formula is C32H27FN4O4. The molecule has 8 nitrogen and oxygen atoms in total. The first-order valence-corrected chi connectivity index (χ1v) is 12.9. The average Bonchev–Trinajstić information content (AvgIpc) is 2.94. The number of carbonyl (C=O) groups is 2. The van der Waals surface area contributed by atoms with Gasteiger partial charge in [-0.15, -0.1) is 0 Å². The zero-order valence-corrected chi connectivity index (χ0v) is 22.6. The lowest BCUT2D eigenvalue weighted by molar-refractivity contribution is 0.0696. The minimum atomic E-state index is -1.05. The summed E-state index contributed by atoms with van der Waals surface area (Å²) in [5, 5.41) is 15.9. The van der Waals surface area contributed by atoms with Gasteiger partial charge in [0.15, 0.2) is 0 Å². The number of nitrogens with zero attached hydrogens (tertiary/aromatic N) is 2. The van der Waals surface area contributed by atoms with E-state index in [4.69, 9.17) is 14.8 Å². The molecule has 5 rings (SSSR count). The smallest absolute Gasteiger partial charge is 0.335 e. The topological polar surface area (TPSA) is 113 Å². The monoisotopic (exact) mass is 550 g/mol. The fourth-order valence-corrected chi connectivity index (χ4v) is 4.37. The highest BCUT2D eigenvalue weighted by molar-refractivity contribution is 6.05. The number of carboxylic acid groups (broad SMARTS) is 1. The molecule has 1 amide bonds. The van der Waals surface area contributed by atoms with Crippen molar-refractivity contribution in [2.45, 2.75) is 26.9 Å². The lowest BCUT2D eigenvalue weighted by Crippen LogP contribution is -2.13. The molecular weight excluding hydrogens is 523 g/mol. The van der Waals surface area contributed by atoms with Crippen molar-refractivity contribution in [3.05, 3.63) is 108 Å². The molecule has 0 aliphatic carbocycles. The van der Waals surface area contributed by atoms with Crippen LogP contribution in [0.5, 0.6) is 5.75 Å². The molecule has 206 valence electrons. The molecule has 0 unspecified atom stereocenters. The molecule has 0 aliphatic heterocycles. The van der Waals surface area contributed by atoms with E-state index in [0.29, 0.717) is 34.2 Å². The second-order valence-corrected chi connectivity index (χ2v) is 9.74. The number of halogens is 1. The number of carboxylic acids is 1. The first kappa shape index (κ1) is 27.3. The molecule has 0 saturated carbocycles. The van der Waals surface area contributed by atoms with Crippen molar-refractivity contribution < 1.29 is 23.8 Å². The molecule has 1 heterocycles. The van der Waals surface area contributed by atoms with Gasteiger partial charge < -0.3 is 20.5 Å². The minimum absolute atomic E-state index is 0.109. The van der Waals surface area contributed by atoms with Crippen molar-refractivity contribution in [3.8, 4) is 16.9 Å². The second-order valence-electron chi connectivity index (χ2n) is 9.74. The number of hydrogen-bond acceptors (Lipinski definition) is 6. The maximum absolute atomic E-state index is 14.0. The molecule has 1 aromatic heterocycles. The van der Waals surface area contributed by atoms with Crippen molar-refractivity contribution in [3.63, 3.8) is 0 Å². The maximum atomic E-state index is 14.0. The van der Waals surface area contributed by atoms with E-state index in [2.05, 4.69) is 15.6 Å². The normalized spacial score (nSPS) is 11.0. The Labute approximate surface area is 235 Å². The van der Waals surface area contributed by atoms with Crippen LogP contribution in [0.3, 0.4) is 0 Å². The van der Waals surface area contributed by atoms with E-state index in [1.54, 1.807) is 24.4 Å². The second kappa shape index (κ2) is 11.4. The Balaban J connectivity index is 1.39. The quantitative estimate of drug-likeness (QED) is 0.187. The number of aryl methyl sites for hydroxylation is 1. The van der Waals surface area contributed by atoms with Crippen LogP contribution in [0, 0.1) is 12.7 Å². The Morgan fingerprint density at radius 2 is 1.68 bits per heavy atom. The van der Waals surface area contributed by atoms with Crippen LogP contribution in [0.2, 0.25) is 0 Å². The summed E-state index contributed by atoms with van der Waals surface area (Å²) < 4.78 is 19.9. The number of nitrogens with one attached hydrogen (secondary N) is 2. The molecule has 0 atom stereocenters. The molecule has 0 radical (unpaired) electrons. The number of ether oxygens (including phenoxy) is 1. The van der Waals surface area contributed by atoms with Crippen LogP contribution in [0.4, 0.5) is 21.7 Å². The van der Waals surface area contributed by atoms with Crippen molar-refractivity contribution >= 4 is 40.1 Å². The van der Waals surface area contributed by atoms with Gasteiger partial charge in [-0.2, -0.15) is 0 Å². The van der Waals surface area contributed by atoms with Gasteiger partial charge in [0, 0.05) is 45.7 Å². The Kier molecular flexibility index (Phi) is 7.60. The summed E-state index contributed by atoms with van der Waals surface area (Å²) in [7, 11) is 0. The van der Waals surface area contributed by atoms with Gasteiger partial charge in [-0.1, -0.05) is 18.2 Å². The molecule has 0 aliphatic rings. The predicted molar refractivity (Wildman–Crippen MR) is 157 cm³/mol.